The second kappa shape index (κ2) is 8.05. The first kappa shape index (κ1) is 23.3. The van der Waals surface area contributed by atoms with Gasteiger partial charge in [-0.2, -0.15) is 8.42 Å². The summed E-state index contributed by atoms with van der Waals surface area (Å²) in [6.45, 7) is 8.72. The van der Waals surface area contributed by atoms with Crippen LogP contribution in [0.5, 0.6) is 0 Å². The van der Waals surface area contributed by atoms with Crippen molar-refractivity contribution in [1.29, 1.82) is 0 Å². The molecule has 0 aliphatic heterocycles. The van der Waals surface area contributed by atoms with E-state index in [1.54, 1.807) is 12.1 Å². The highest BCUT2D eigenvalue weighted by atomic mass is 32.2. The fourth-order valence-electron chi connectivity index (χ4n) is 8.32. The molecule has 0 bridgehead atoms. The summed E-state index contributed by atoms with van der Waals surface area (Å²) in [6.07, 6.45) is 10.0. The largest absolute Gasteiger partial charge is 0.299 e. The van der Waals surface area contributed by atoms with Crippen molar-refractivity contribution < 1.29 is 17.4 Å². The van der Waals surface area contributed by atoms with Gasteiger partial charge in [-0.15, -0.1) is 0 Å². The summed E-state index contributed by atoms with van der Waals surface area (Å²) in [5.74, 6) is 2.53. The Morgan fingerprint density at radius 2 is 1.76 bits per heavy atom. The predicted molar refractivity (Wildman–Crippen MR) is 129 cm³/mol. The van der Waals surface area contributed by atoms with Gasteiger partial charge in [0.05, 0.1) is 11.0 Å². The van der Waals surface area contributed by atoms with Crippen LogP contribution in [-0.2, 0) is 19.1 Å². The minimum absolute atomic E-state index is 0.107. The van der Waals surface area contributed by atoms with Crippen LogP contribution in [0.25, 0.3) is 0 Å². The molecule has 0 N–H and O–H groups in total. The van der Waals surface area contributed by atoms with Gasteiger partial charge in [-0.25, -0.2) is 0 Å². The number of fused-ring (bicyclic) bond motifs is 5. The zero-order valence-corrected chi connectivity index (χ0v) is 21.3. The summed E-state index contributed by atoms with van der Waals surface area (Å²) < 4.78 is 31.8. The molecule has 3 fully saturated rings. The molecule has 7 atom stereocenters. The smallest absolute Gasteiger partial charge is 0.297 e. The van der Waals surface area contributed by atoms with Crippen LogP contribution in [0, 0.1) is 41.4 Å². The Labute approximate surface area is 199 Å². The molecule has 0 saturated heterocycles. The van der Waals surface area contributed by atoms with Gasteiger partial charge < -0.3 is 0 Å². The quantitative estimate of drug-likeness (QED) is 0.386. The van der Waals surface area contributed by atoms with Crippen LogP contribution in [0.1, 0.15) is 77.7 Å². The highest BCUT2D eigenvalue weighted by Crippen LogP contribution is 2.66. The zero-order valence-electron chi connectivity index (χ0n) is 20.5. The highest BCUT2D eigenvalue weighted by Gasteiger charge is 2.59. The van der Waals surface area contributed by atoms with Crippen molar-refractivity contribution >= 4 is 15.9 Å². The third-order valence-electron chi connectivity index (χ3n) is 10.2. The molecule has 4 nitrogen and oxygen atoms in total. The van der Waals surface area contributed by atoms with Crippen LogP contribution in [-0.4, -0.2) is 20.3 Å². The lowest BCUT2D eigenvalue weighted by molar-refractivity contribution is -0.122. The van der Waals surface area contributed by atoms with Crippen molar-refractivity contribution in [3.63, 3.8) is 0 Å². The van der Waals surface area contributed by atoms with Crippen molar-refractivity contribution in [2.75, 3.05) is 0 Å². The Morgan fingerprint density at radius 1 is 1.03 bits per heavy atom. The minimum Gasteiger partial charge on any atom is -0.299 e. The molecule has 1 aromatic carbocycles. The summed E-state index contributed by atoms with van der Waals surface area (Å²) in [7, 11) is -3.77. The van der Waals surface area contributed by atoms with Crippen molar-refractivity contribution in [2.24, 2.45) is 34.5 Å². The van der Waals surface area contributed by atoms with Crippen molar-refractivity contribution in [3.05, 3.63) is 41.5 Å². The fourth-order valence-corrected chi connectivity index (χ4v) is 9.43. The number of allylic oxidation sites excluding steroid dienone is 2. The number of hydrogen-bond acceptors (Lipinski definition) is 4. The van der Waals surface area contributed by atoms with Crippen LogP contribution in [0.3, 0.4) is 0 Å². The average molecular weight is 471 g/mol. The van der Waals surface area contributed by atoms with Gasteiger partial charge in [0.15, 0.2) is 0 Å². The van der Waals surface area contributed by atoms with Crippen LogP contribution in [0.2, 0.25) is 0 Å². The molecule has 33 heavy (non-hydrogen) atoms. The first-order valence-electron chi connectivity index (χ1n) is 12.8. The van der Waals surface area contributed by atoms with Gasteiger partial charge in [0.2, 0.25) is 0 Å². The molecule has 3 saturated carbocycles. The molecule has 0 amide bonds. The summed E-state index contributed by atoms with van der Waals surface area (Å²) in [5.41, 5.74) is 2.72. The maximum atomic E-state index is 13.0. The number of Topliss-reactive ketones (excluding diaryl/α,β-unsaturated/α-hetero) is 1. The van der Waals surface area contributed by atoms with E-state index in [4.69, 9.17) is 4.18 Å². The summed E-state index contributed by atoms with van der Waals surface area (Å²) in [6, 6.07) is 6.92. The molecule has 180 valence electrons. The lowest BCUT2D eigenvalue weighted by atomic mass is 9.47. The number of hydrogen-bond donors (Lipinski definition) is 0. The van der Waals surface area contributed by atoms with Gasteiger partial charge in [0, 0.05) is 12.8 Å². The molecule has 0 heterocycles. The SMILES string of the molecule is Cc1ccc(S(=O)(=O)OC(C)[C@H]2CCC3C4CC=C5CC(=O)CC[C@]5(C)C4CC[C@@]32C)cc1. The maximum Gasteiger partial charge on any atom is 0.297 e. The van der Waals surface area contributed by atoms with Crippen molar-refractivity contribution in [1.82, 2.24) is 0 Å². The highest BCUT2D eigenvalue weighted by molar-refractivity contribution is 7.86. The molecule has 5 rings (SSSR count). The molecule has 4 unspecified atom stereocenters. The third kappa shape index (κ3) is 3.74. The Morgan fingerprint density at radius 3 is 2.48 bits per heavy atom. The third-order valence-corrected chi connectivity index (χ3v) is 11.6. The number of ketones is 1. The van der Waals surface area contributed by atoms with Crippen molar-refractivity contribution in [3.8, 4) is 0 Å². The molecule has 5 heteroatoms. The molecular formula is C28H38O4S. The Balaban J connectivity index is 1.36. The molecule has 0 radical (unpaired) electrons. The molecular weight excluding hydrogens is 432 g/mol. The van der Waals surface area contributed by atoms with E-state index in [9.17, 15) is 13.2 Å². The fraction of sp³-hybridized carbons (Fsp3) is 0.679. The summed E-state index contributed by atoms with van der Waals surface area (Å²) in [4.78, 5) is 12.3. The van der Waals surface area contributed by atoms with E-state index < -0.39 is 10.1 Å². The Hall–Kier alpha value is -1.46. The molecule has 0 aromatic heterocycles. The van der Waals surface area contributed by atoms with Gasteiger partial charge in [0.1, 0.15) is 5.78 Å². The maximum absolute atomic E-state index is 13.0. The summed E-state index contributed by atoms with van der Waals surface area (Å²) in [5, 5.41) is 0. The molecule has 4 aliphatic carbocycles. The monoisotopic (exact) mass is 470 g/mol. The van der Waals surface area contributed by atoms with E-state index in [1.165, 1.54) is 12.0 Å². The first-order chi connectivity index (χ1) is 15.5. The lowest BCUT2D eigenvalue weighted by Crippen LogP contribution is -2.51. The van der Waals surface area contributed by atoms with Crippen LogP contribution >= 0.6 is 0 Å². The van der Waals surface area contributed by atoms with Gasteiger partial charge in [-0.1, -0.05) is 43.2 Å². The van der Waals surface area contributed by atoms with Crippen molar-refractivity contribution in [2.45, 2.75) is 90.1 Å². The first-order valence-corrected chi connectivity index (χ1v) is 14.2. The molecule has 0 spiro atoms. The van der Waals surface area contributed by atoms with Gasteiger partial charge >= 0.3 is 0 Å². The van der Waals surface area contributed by atoms with Gasteiger partial charge in [-0.05, 0) is 99.0 Å². The molecule has 1 aromatic rings. The molecule has 4 aliphatic rings. The summed E-state index contributed by atoms with van der Waals surface area (Å²) >= 11 is 0. The van der Waals surface area contributed by atoms with Gasteiger partial charge in [-0.3, -0.25) is 8.98 Å². The standard InChI is InChI=1S/C28H38O4S/c1-18-5-8-22(9-6-18)33(30,31)32-19(2)24-11-12-25-23-10-7-20-17-21(29)13-15-27(20,3)26(23)14-16-28(24,25)4/h5-9,19,23-26H,10-17H2,1-4H3/t19?,23?,24-,25?,26?,27+,28-/m1/s1. The Kier molecular flexibility index (Phi) is 5.68. The second-order valence-corrected chi connectivity index (χ2v) is 13.3. The average Bonchev–Trinajstić information content (AvgIpc) is 3.11. The van der Waals surface area contributed by atoms with E-state index in [0.717, 1.165) is 44.1 Å². The second-order valence-electron chi connectivity index (χ2n) is 11.8. The van der Waals surface area contributed by atoms with Crippen LogP contribution in [0.15, 0.2) is 40.8 Å². The number of benzene rings is 1. The normalized spacial score (nSPS) is 39.3. The van der Waals surface area contributed by atoms with E-state index in [0.29, 0.717) is 30.0 Å². The number of aryl methyl sites for hydroxylation is 1. The van der Waals surface area contributed by atoms with Gasteiger partial charge in [0.25, 0.3) is 10.1 Å². The Bertz CT molecular complexity index is 1070. The zero-order chi connectivity index (χ0) is 23.6. The van der Waals surface area contributed by atoms with E-state index in [1.807, 2.05) is 26.0 Å². The van der Waals surface area contributed by atoms with E-state index in [-0.39, 0.29) is 27.7 Å². The van der Waals surface area contributed by atoms with Crippen LogP contribution < -0.4 is 0 Å². The van der Waals surface area contributed by atoms with E-state index >= 15 is 0 Å². The van der Waals surface area contributed by atoms with Crippen LogP contribution in [0.4, 0.5) is 0 Å². The number of rotatable bonds is 4. The minimum atomic E-state index is -3.77. The van der Waals surface area contributed by atoms with E-state index in [2.05, 4.69) is 19.9 Å². The number of carbonyl (C=O) groups is 1. The predicted octanol–water partition coefficient (Wildman–Crippen LogP) is 6.24. The topological polar surface area (TPSA) is 60.4 Å². The number of carbonyl (C=O) groups excluding carboxylic acids is 1. The lowest BCUT2D eigenvalue weighted by Gasteiger charge is -2.57.